The van der Waals surface area contributed by atoms with Crippen LogP contribution in [0.25, 0.3) is 11.4 Å². The number of hydrogen-bond donors (Lipinski definition) is 1. The van der Waals surface area contributed by atoms with E-state index in [-0.39, 0.29) is 6.61 Å². The van der Waals surface area contributed by atoms with Gasteiger partial charge in [-0.2, -0.15) is 5.26 Å². The first kappa shape index (κ1) is 10.3. The summed E-state index contributed by atoms with van der Waals surface area (Å²) in [5.41, 5.74) is 1.47. The standard InChI is InChI=1S/C11H10N4O/c1-15-10(7-16)13-14-11(15)9-4-2-8(6-12)3-5-9/h2-5,16H,7H2,1H3. The summed E-state index contributed by atoms with van der Waals surface area (Å²) < 4.78 is 1.72. The zero-order valence-electron chi connectivity index (χ0n) is 8.75. The quantitative estimate of drug-likeness (QED) is 0.804. The van der Waals surface area contributed by atoms with Crippen LogP contribution in [0.3, 0.4) is 0 Å². The second-order valence-electron chi connectivity index (χ2n) is 3.35. The lowest BCUT2D eigenvalue weighted by molar-refractivity contribution is 0.267. The molecule has 0 fully saturated rings. The van der Waals surface area contributed by atoms with E-state index in [0.717, 1.165) is 5.56 Å². The maximum atomic E-state index is 8.99. The number of nitriles is 1. The van der Waals surface area contributed by atoms with Gasteiger partial charge in [-0.25, -0.2) is 0 Å². The lowest BCUT2D eigenvalue weighted by atomic mass is 10.1. The van der Waals surface area contributed by atoms with Crippen molar-refractivity contribution in [2.45, 2.75) is 6.61 Å². The third-order valence-electron chi connectivity index (χ3n) is 2.38. The Kier molecular flexibility index (Phi) is 2.66. The summed E-state index contributed by atoms with van der Waals surface area (Å²) in [5.74, 6) is 1.19. The number of nitrogens with zero attached hydrogens (tertiary/aromatic N) is 4. The number of aliphatic hydroxyl groups excluding tert-OH is 1. The summed E-state index contributed by atoms with van der Waals surface area (Å²) in [5, 5.41) is 25.5. The molecule has 0 aliphatic heterocycles. The molecule has 5 heteroatoms. The highest BCUT2D eigenvalue weighted by atomic mass is 16.3. The summed E-state index contributed by atoms with van der Waals surface area (Å²) in [6, 6.07) is 9.12. The first-order valence-corrected chi connectivity index (χ1v) is 4.76. The van der Waals surface area contributed by atoms with Crippen molar-refractivity contribution in [3.05, 3.63) is 35.7 Å². The molecule has 0 saturated carbocycles. The van der Waals surface area contributed by atoms with Gasteiger partial charge < -0.3 is 9.67 Å². The monoisotopic (exact) mass is 214 g/mol. The second-order valence-corrected chi connectivity index (χ2v) is 3.35. The van der Waals surface area contributed by atoms with Crippen LogP contribution in [0.2, 0.25) is 0 Å². The molecule has 0 saturated heterocycles. The Morgan fingerprint density at radius 1 is 1.31 bits per heavy atom. The number of aliphatic hydroxyl groups is 1. The minimum Gasteiger partial charge on any atom is -0.388 e. The van der Waals surface area contributed by atoms with Crippen molar-refractivity contribution in [3.63, 3.8) is 0 Å². The number of hydrogen-bond acceptors (Lipinski definition) is 4. The average molecular weight is 214 g/mol. The highest BCUT2D eigenvalue weighted by Crippen LogP contribution is 2.17. The van der Waals surface area contributed by atoms with Gasteiger partial charge in [0.05, 0.1) is 11.6 Å². The fourth-order valence-electron chi connectivity index (χ4n) is 1.44. The molecule has 0 atom stereocenters. The van der Waals surface area contributed by atoms with Crippen LogP contribution < -0.4 is 0 Å². The van der Waals surface area contributed by atoms with Crippen LogP contribution >= 0.6 is 0 Å². The van der Waals surface area contributed by atoms with Crippen molar-refractivity contribution in [3.8, 4) is 17.5 Å². The molecular formula is C11H10N4O. The van der Waals surface area contributed by atoms with E-state index < -0.39 is 0 Å². The summed E-state index contributed by atoms with van der Waals surface area (Å²) >= 11 is 0. The number of benzene rings is 1. The van der Waals surface area contributed by atoms with E-state index in [9.17, 15) is 0 Å². The smallest absolute Gasteiger partial charge is 0.163 e. The van der Waals surface area contributed by atoms with Crippen LogP contribution in [0.4, 0.5) is 0 Å². The molecule has 5 nitrogen and oxygen atoms in total. The van der Waals surface area contributed by atoms with Gasteiger partial charge in [0.25, 0.3) is 0 Å². The van der Waals surface area contributed by atoms with Gasteiger partial charge in [0, 0.05) is 12.6 Å². The molecule has 1 N–H and O–H groups in total. The molecule has 1 aromatic carbocycles. The van der Waals surface area contributed by atoms with Crippen molar-refractivity contribution in [1.82, 2.24) is 14.8 Å². The van der Waals surface area contributed by atoms with Crippen LogP contribution in [0, 0.1) is 11.3 Å². The van der Waals surface area contributed by atoms with Crippen molar-refractivity contribution < 1.29 is 5.11 Å². The van der Waals surface area contributed by atoms with Gasteiger partial charge in [0.1, 0.15) is 6.61 Å². The second kappa shape index (κ2) is 4.13. The fraction of sp³-hybridized carbons (Fsp3) is 0.182. The van der Waals surface area contributed by atoms with Crippen molar-refractivity contribution in [1.29, 1.82) is 5.26 Å². The highest BCUT2D eigenvalue weighted by Gasteiger charge is 2.09. The molecule has 0 aliphatic carbocycles. The summed E-state index contributed by atoms with van der Waals surface area (Å²) in [6.45, 7) is -0.139. The van der Waals surface area contributed by atoms with E-state index in [1.54, 1.807) is 23.7 Å². The zero-order valence-corrected chi connectivity index (χ0v) is 8.75. The maximum Gasteiger partial charge on any atom is 0.163 e. The van der Waals surface area contributed by atoms with Gasteiger partial charge in [0.2, 0.25) is 0 Å². The molecule has 0 bridgehead atoms. The highest BCUT2D eigenvalue weighted by molar-refractivity contribution is 5.56. The fourth-order valence-corrected chi connectivity index (χ4v) is 1.44. The van der Waals surface area contributed by atoms with Crippen molar-refractivity contribution in [2.24, 2.45) is 7.05 Å². The number of rotatable bonds is 2. The Labute approximate surface area is 92.6 Å². The molecule has 0 unspecified atom stereocenters. The third kappa shape index (κ3) is 1.66. The molecule has 0 radical (unpaired) electrons. The summed E-state index contributed by atoms with van der Waals surface area (Å²) in [7, 11) is 1.79. The predicted octanol–water partition coefficient (Wildman–Crippen LogP) is 0.846. The first-order chi connectivity index (χ1) is 7.76. The largest absolute Gasteiger partial charge is 0.388 e. The molecule has 2 rings (SSSR count). The van der Waals surface area contributed by atoms with E-state index in [0.29, 0.717) is 17.2 Å². The van der Waals surface area contributed by atoms with Crippen molar-refractivity contribution >= 4 is 0 Å². The van der Waals surface area contributed by atoms with Gasteiger partial charge >= 0.3 is 0 Å². The van der Waals surface area contributed by atoms with Crippen LogP contribution in [0.5, 0.6) is 0 Å². The van der Waals surface area contributed by atoms with Gasteiger partial charge in [-0.3, -0.25) is 0 Å². The molecule has 16 heavy (non-hydrogen) atoms. The van der Waals surface area contributed by atoms with Gasteiger partial charge in [0.15, 0.2) is 11.6 Å². The summed E-state index contributed by atoms with van der Waals surface area (Å²) in [6.07, 6.45) is 0. The lowest BCUT2D eigenvalue weighted by Gasteiger charge is -2.01. The van der Waals surface area contributed by atoms with E-state index in [1.807, 2.05) is 12.1 Å². The Bertz CT molecular complexity index is 536. The number of aromatic nitrogens is 3. The van der Waals surface area contributed by atoms with Crippen LogP contribution in [-0.2, 0) is 13.7 Å². The zero-order chi connectivity index (χ0) is 11.5. The molecule has 80 valence electrons. The van der Waals surface area contributed by atoms with Crippen LogP contribution in [0.15, 0.2) is 24.3 Å². The van der Waals surface area contributed by atoms with E-state index in [1.165, 1.54) is 0 Å². The maximum absolute atomic E-state index is 8.99. The molecule has 0 aliphatic rings. The van der Waals surface area contributed by atoms with E-state index in [4.69, 9.17) is 10.4 Å². The van der Waals surface area contributed by atoms with E-state index >= 15 is 0 Å². The van der Waals surface area contributed by atoms with E-state index in [2.05, 4.69) is 16.3 Å². The molecule has 0 spiro atoms. The topological polar surface area (TPSA) is 74.7 Å². The SMILES string of the molecule is Cn1c(CO)nnc1-c1ccc(C#N)cc1. The summed E-state index contributed by atoms with van der Waals surface area (Å²) in [4.78, 5) is 0. The van der Waals surface area contributed by atoms with Crippen LogP contribution in [0.1, 0.15) is 11.4 Å². The van der Waals surface area contributed by atoms with Gasteiger partial charge in [-0.05, 0) is 24.3 Å². The molecule has 0 amide bonds. The predicted molar refractivity (Wildman–Crippen MR) is 57.1 cm³/mol. The Morgan fingerprint density at radius 3 is 2.50 bits per heavy atom. The molecule has 2 aromatic rings. The average Bonchev–Trinajstić information content (AvgIpc) is 2.70. The Hall–Kier alpha value is -2.19. The minimum atomic E-state index is -0.139. The Morgan fingerprint density at radius 2 is 2.00 bits per heavy atom. The van der Waals surface area contributed by atoms with Gasteiger partial charge in [-0.15, -0.1) is 10.2 Å². The lowest BCUT2D eigenvalue weighted by Crippen LogP contribution is -1.99. The van der Waals surface area contributed by atoms with Crippen LogP contribution in [-0.4, -0.2) is 19.9 Å². The minimum absolute atomic E-state index is 0.139. The Balaban J connectivity index is 2.43. The molecular weight excluding hydrogens is 204 g/mol. The third-order valence-corrected chi connectivity index (χ3v) is 2.38. The van der Waals surface area contributed by atoms with Crippen molar-refractivity contribution in [2.75, 3.05) is 0 Å². The molecule has 1 aromatic heterocycles. The molecule has 1 heterocycles. The normalized spacial score (nSPS) is 10.1. The first-order valence-electron chi connectivity index (χ1n) is 4.76. The van der Waals surface area contributed by atoms with Gasteiger partial charge in [-0.1, -0.05) is 0 Å².